The number of nitrogens with zero attached hydrogens (tertiary/aromatic N) is 6. The zero-order valence-electron chi connectivity index (χ0n) is 21.9. The van der Waals surface area contributed by atoms with Crippen molar-refractivity contribution < 1.29 is 9.53 Å². The standard InChI is InChI=1S/C29H33ClN6O2.ClH/c30-26-3-1-2-25(16-26)20-35-9-8-28(29(35)37)34(11-10-33-12-14-38-15-13-33)21-27-18-32-22-36(27)19-24-6-4-23(17-31)5-7-24;/h1-7,16,18,22,28H,8-15,19-21H2;1H/t28-;/m0./s1. The largest absolute Gasteiger partial charge is 0.379 e. The average Bonchev–Trinajstić information content (AvgIpc) is 3.53. The number of aromatic nitrogens is 2. The van der Waals surface area contributed by atoms with Crippen molar-refractivity contribution in [2.45, 2.75) is 32.1 Å². The fourth-order valence-corrected chi connectivity index (χ4v) is 5.44. The van der Waals surface area contributed by atoms with Gasteiger partial charge in [0.2, 0.25) is 5.91 Å². The van der Waals surface area contributed by atoms with Gasteiger partial charge in [-0.15, -0.1) is 12.4 Å². The normalized spacial score (nSPS) is 17.8. The molecule has 8 nitrogen and oxygen atoms in total. The van der Waals surface area contributed by atoms with Crippen molar-refractivity contribution in [3.05, 3.63) is 88.5 Å². The van der Waals surface area contributed by atoms with Crippen LogP contribution in [0.15, 0.2) is 61.1 Å². The van der Waals surface area contributed by atoms with Crippen LogP contribution in [0.25, 0.3) is 0 Å². The Labute approximate surface area is 241 Å². The first-order chi connectivity index (χ1) is 18.6. The third-order valence-corrected chi connectivity index (χ3v) is 7.61. The SMILES string of the molecule is Cl.N#Cc1ccc(Cn2cncc2CN(CCN2CCOCC2)[C@H]2CCN(Cc3cccc(Cl)c3)C2=O)cc1. The Kier molecular flexibility index (Phi) is 10.4. The third kappa shape index (κ3) is 7.59. The summed E-state index contributed by atoms with van der Waals surface area (Å²) in [6.07, 6.45) is 4.54. The summed E-state index contributed by atoms with van der Waals surface area (Å²) in [7, 11) is 0. The molecule has 0 N–H and O–H groups in total. The molecule has 5 rings (SSSR count). The van der Waals surface area contributed by atoms with E-state index in [4.69, 9.17) is 21.6 Å². The molecule has 39 heavy (non-hydrogen) atoms. The Morgan fingerprint density at radius 1 is 1.08 bits per heavy atom. The van der Waals surface area contributed by atoms with E-state index in [1.165, 1.54) is 0 Å². The number of carbonyl (C=O) groups is 1. The van der Waals surface area contributed by atoms with Gasteiger partial charge in [-0.2, -0.15) is 5.26 Å². The highest BCUT2D eigenvalue weighted by Crippen LogP contribution is 2.23. The first-order valence-corrected chi connectivity index (χ1v) is 13.5. The van der Waals surface area contributed by atoms with Crippen LogP contribution in [0, 0.1) is 11.3 Å². The summed E-state index contributed by atoms with van der Waals surface area (Å²) >= 11 is 6.18. The van der Waals surface area contributed by atoms with Crippen molar-refractivity contribution in [1.82, 2.24) is 24.3 Å². The highest BCUT2D eigenvalue weighted by atomic mass is 35.5. The molecule has 206 valence electrons. The lowest BCUT2D eigenvalue weighted by Gasteiger charge is -2.32. The third-order valence-electron chi connectivity index (χ3n) is 7.38. The number of likely N-dealkylation sites (tertiary alicyclic amines) is 1. The van der Waals surface area contributed by atoms with E-state index in [2.05, 4.69) is 25.4 Å². The van der Waals surface area contributed by atoms with Gasteiger partial charge < -0.3 is 14.2 Å². The zero-order valence-corrected chi connectivity index (χ0v) is 23.5. The number of halogens is 2. The number of ether oxygens (including phenoxy) is 1. The molecular weight excluding hydrogens is 535 g/mol. The van der Waals surface area contributed by atoms with Crippen molar-refractivity contribution in [2.24, 2.45) is 0 Å². The molecule has 3 heterocycles. The second-order valence-electron chi connectivity index (χ2n) is 9.94. The molecule has 0 spiro atoms. The number of imidazole rings is 1. The minimum Gasteiger partial charge on any atom is -0.379 e. The molecule has 0 aliphatic carbocycles. The molecular formula is C29H34Cl2N6O2. The molecule has 2 aromatic carbocycles. The van der Waals surface area contributed by atoms with Crippen LogP contribution in [0.3, 0.4) is 0 Å². The first-order valence-electron chi connectivity index (χ1n) is 13.1. The van der Waals surface area contributed by atoms with E-state index < -0.39 is 0 Å². The number of hydrogen-bond acceptors (Lipinski definition) is 6. The van der Waals surface area contributed by atoms with Crippen LogP contribution in [0.2, 0.25) is 5.02 Å². The monoisotopic (exact) mass is 568 g/mol. The van der Waals surface area contributed by atoms with Gasteiger partial charge in [0, 0.05) is 63.6 Å². The van der Waals surface area contributed by atoms with Crippen molar-refractivity contribution in [2.75, 3.05) is 45.9 Å². The predicted octanol–water partition coefficient (Wildman–Crippen LogP) is 3.81. The second-order valence-corrected chi connectivity index (χ2v) is 10.4. The van der Waals surface area contributed by atoms with Crippen LogP contribution in [0.1, 0.15) is 28.8 Å². The minimum atomic E-state index is -0.173. The summed E-state index contributed by atoms with van der Waals surface area (Å²) in [5.41, 5.74) is 3.87. The topological polar surface area (TPSA) is 77.6 Å². The number of carbonyl (C=O) groups excluding carboxylic acids is 1. The van der Waals surface area contributed by atoms with Crippen molar-refractivity contribution >= 4 is 29.9 Å². The molecule has 2 aliphatic rings. The maximum Gasteiger partial charge on any atom is 0.240 e. The van der Waals surface area contributed by atoms with Gasteiger partial charge in [-0.25, -0.2) is 4.98 Å². The molecule has 2 fully saturated rings. The lowest BCUT2D eigenvalue weighted by atomic mass is 10.1. The maximum atomic E-state index is 13.6. The summed E-state index contributed by atoms with van der Waals surface area (Å²) in [6, 6.07) is 17.4. The van der Waals surface area contributed by atoms with E-state index in [0.717, 1.165) is 69.2 Å². The summed E-state index contributed by atoms with van der Waals surface area (Å²) < 4.78 is 7.65. The van der Waals surface area contributed by atoms with Gasteiger partial charge in [-0.1, -0.05) is 35.9 Å². The number of benzene rings is 2. The van der Waals surface area contributed by atoms with Crippen LogP contribution in [0.4, 0.5) is 0 Å². The summed E-state index contributed by atoms with van der Waals surface area (Å²) in [5.74, 6) is 0.171. The maximum absolute atomic E-state index is 13.6. The summed E-state index contributed by atoms with van der Waals surface area (Å²) in [6.45, 7) is 7.65. The Morgan fingerprint density at radius 3 is 2.62 bits per heavy atom. The highest BCUT2D eigenvalue weighted by Gasteiger charge is 2.36. The molecule has 10 heteroatoms. The van der Waals surface area contributed by atoms with Crippen molar-refractivity contribution in [3.63, 3.8) is 0 Å². The van der Waals surface area contributed by atoms with Crippen LogP contribution < -0.4 is 0 Å². The van der Waals surface area contributed by atoms with E-state index in [9.17, 15) is 4.79 Å². The average molecular weight is 570 g/mol. The predicted molar refractivity (Wildman–Crippen MR) is 153 cm³/mol. The minimum absolute atomic E-state index is 0. The second kappa shape index (κ2) is 13.9. The van der Waals surface area contributed by atoms with Gasteiger partial charge in [-0.3, -0.25) is 14.6 Å². The molecule has 0 unspecified atom stereocenters. The van der Waals surface area contributed by atoms with Crippen LogP contribution >= 0.6 is 24.0 Å². The Morgan fingerprint density at radius 2 is 1.87 bits per heavy atom. The van der Waals surface area contributed by atoms with Crippen molar-refractivity contribution in [3.8, 4) is 6.07 Å². The number of amides is 1. The lowest BCUT2D eigenvalue weighted by molar-refractivity contribution is -0.133. The van der Waals surface area contributed by atoms with E-state index >= 15 is 0 Å². The molecule has 2 saturated heterocycles. The Hall–Kier alpha value is -2.93. The number of rotatable bonds is 10. The molecule has 0 bridgehead atoms. The summed E-state index contributed by atoms with van der Waals surface area (Å²) in [5, 5.41) is 9.78. The lowest BCUT2D eigenvalue weighted by Crippen LogP contribution is -2.46. The quantitative estimate of drug-likeness (QED) is 0.370. The molecule has 3 aromatic rings. The van der Waals surface area contributed by atoms with Crippen LogP contribution in [-0.2, 0) is 29.2 Å². The van der Waals surface area contributed by atoms with E-state index in [1.54, 1.807) is 0 Å². The highest BCUT2D eigenvalue weighted by molar-refractivity contribution is 6.30. The van der Waals surface area contributed by atoms with Gasteiger partial charge in [0.15, 0.2) is 0 Å². The fourth-order valence-electron chi connectivity index (χ4n) is 5.23. The van der Waals surface area contributed by atoms with Gasteiger partial charge >= 0.3 is 0 Å². The van der Waals surface area contributed by atoms with Gasteiger partial charge in [-0.05, 0) is 41.8 Å². The number of morpholine rings is 1. The van der Waals surface area contributed by atoms with Crippen molar-refractivity contribution in [1.29, 1.82) is 5.26 Å². The molecule has 1 atom stereocenters. The van der Waals surface area contributed by atoms with Gasteiger partial charge in [0.05, 0.1) is 42.9 Å². The summed E-state index contributed by atoms with van der Waals surface area (Å²) in [4.78, 5) is 24.7. The number of nitriles is 1. The van der Waals surface area contributed by atoms with Crippen LogP contribution in [-0.4, -0.2) is 82.1 Å². The Balaban J connectivity index is 0.00000353. The number of hydrogen-bond donors (Lipinski definition) is 0. The molecule has 2 aliphatic heterocycles. The van der Waals surface area contributed by atoms with E-state index in [1.807, 2.05) is 66.0 Å². The van der Waals surface area contributed by atoms with Gasteiger partial charge in [0.1, 0.15) is 0 Å². The smallest absolute Gasteiger partial charge is 0.240 e. The van der Waals surface area contributed by atoms with Gasteiger partial charge in [0.25, 0.3) is 0 Å². The first kappa shape index (κ1) is 29.1. The molecule has 1 aromatic heterocycles. The fraction of sp³-hybridized carbons (Fsp3) is 0.414. The molecule has 1 amide bonds. The Bertz CT molecular complexity index is 1270. The molecule has 0 radical (unpaired) electrons. The van der Waals surface area contributed by atoms with E-state index in [-0.39, 0.29) is 24.4 Å². The molecule has 0 saturated carbocycles. The van der Waals surface area contributed by atoms with Crippen LogP contribution in [0.5, 0.6) is 0 Å². The van der Waals surface area contributed by atoms with E-state index in [0.29, 0.717) is 30.2 Å². The zero-order chi connectivity index (χ0) is 26.3.